The molecule has 3 N–H and O–H groups in total. The Bertz CT molecular complexity index is 653. The van der Waals surface area contributed by atoms with Gasteiger partial charge < -0.3 is 15.3 Å². The topological polar surface area (TPSA) is 72.5 Å². The summed E-state index contributed by atoms with van der Waals surface area (Å²) in [6, 6.07) is 7.92. The number of benzene rings is 1. The van der Waals surface area contributed by atoms with Crippen molar-refractivity contribution in [3.05, 3.63) is 48.3 Å². The van der Waals surface area contributed by atoms with E-state index in [1.807, 2.05) is 25.2 Å². The van der Waals surface area contributed by atoms with Crippen LogP contribution in [0.5, 0.6) is 0 Å². The fraction of sp³-hybridized carbons (Fsp3) is 0.231. The third-order valence-electron chi connectivity index (χ3n) is 3.15. The van der Waals surface area contributed by atoms with Crippen LogP contribution in [-0.2, 0) is 13.5 Å². The second kappa shape index (κ2) is 4.27. The minimum absolute atomic E-state index is 0.157. The summed E-state index contributed by atoms with van der Waals surface area (Å²) in [6.45, 7) is 0. The standard InChI is InChI=1S/C13H15N5/c1-18-11-5-3-2-4-10(11)17-12(18)8-9(14)13-15-6-7-16-13/h2-7,9H,8,14H2,1H3,(H,15,16). The van der Waals surface area contributed by atoms with E-state index in [0.717, 1.165) is 22.7 Å². The van der Waals surface area contributed by atoms with Gasteiger partial charge in [-0.2, -0.15) is 0 Å². The molecule has 0 amide bonds. The minimum Gasteiger partial charge on any atom is -0.347 e. The largest absolute Gasteiger partial charge is 0.347 e. The van der Waals surface area contributed by atoms with Crippen LogP contribution < -0.4 is 5.73 Å². The molecular weight excluding hydrogens is 226 g/mol. The normalized spacial score (nSPS) is 13.0. The molecule has 2 heterocycles. The minimum atomic E-state index is -0.157. The number of nitrogens with zero attached hydrogens (tertiary/aromatic N) is 3. The van der Waals surface area contributed by atoms with Gasteiger partial charge in [0, 0.05) is 25.9 Å². The number of aryl methyl sites for hydroxylation is 1. The summed E-state index contributed by atoms with van der Waals surface area (Å²) in [6.07, 6.45) is 4.16. The Labute approximate surface area is 105 Å². The molecule has 1 unspecified atom stereocenters. The first-order valence-electron chi connectivity index (χ1n) is 5.91. The van der Waals surface area contributed by atoms with Crippen LogP contribution in [0.2, 0.25) is 0 Å². The van der Waals surface area contributed by atoms with Crippen LogP contribution in [-0.4, -0.2) is 19.5 Å². The van der Waals surface area contributed by atoms with Crippen LogP contribution in [0.15, 0.2) is 36.7 Å². The summed E-state index contributed by atoms with van der Waals surface area (Å²) in [4.78, 5) is 11.8. The Kier molecular flexibility index (Phi) is 2.60. The number of nitrogens with two attached hydrogens (primary N) is 1. The number of aromatic amines is 1. The number of nitrogens with one attached hydrogen (secondary N) is 1. The van der Waals surface area contributed by atoms with Crippen LogP contribution in [0.3, 0.4) is 0 Å². The van der Waals surface area contributed by atoms with E-state index >= 15 is 0 Å². The quantitative estimate of drug-likeness (QED) is 0.730. The van der Waals surface area contributed by atoms with E-state index in [9.17, 15) is 0 Å². The van der Waals surface area contributed by atoms with Crippen molar-refractivity contribution in [1.82, 2.24) is 19.5 Å². The highest BCUT2D eigenvalue weighted by atomic mass is 15.1. The molecule has 3 rings (SSSR count). The summed E-state index contributed by atoms with van der Waals surface area (Å²) in [5, 5.41) is 0. The van der Waals surface area contributed by atoms with Crippen molar-refractivity contribution in [2.75, 3.05) is 0 Å². The zero-order valence-corrected chi connectivity index (χ0v) is 10.2. The Morgan fingerprint density at radius 3 is 2.94 bits per heavy atom. The first kappa shape index (κ1) is 11.0. The summed E-state index contributed by atoms with van der Waals surface area (Å²) in [5.74, 6) is 1.77. The third kappa shape index (κ3) is 1.78. The number of aromatic nitrogens is 4. The van der Waals surface area contributed by atoms with Crippen molar-refractivity contribution >= 4 is 11.0 Å². The molecule has 1 aromatic carbocycles. The smallest absolute Gasteiger partial charge is 0.123 e. The number of imidazole rings is 2. The van der Waals surface area contributed by atoms with Crippen LogP contribution >= 0.6 is 0 Å². The van der Waals surface area contributed by atoms with Crippen molar-refractivity contribution in [1.29, 1.82) is 0 Å². The molecule has 0 bridgehead atoms. The second-order valence-electron chi connectivity index (χ2n) is 4.36. The van der Waals surface area contributed by atoms with Crippen molar-refractivity contribution in [2.45, 2.75) is 12.5 Å². The fourth-order valence-corrected chi connectivity index (χ4v) is 2.15. The van der Waals surface area contributed by atoms with Gasteiger partial charge in [0.15, 0.2) is 0 Å². The van der Waals surface area contributed by atoms with Gasteiger partial charge in [-0.1, -0.05) is 12.1 Å². The second-order valence-corrected chi connectivity index (χ2v) is 4.36. The van der Waals surface area contributed by atoms with Gasteiger partial charge in [-0.05, 0) is 12.1 Å². The zero-order chi connectivity index (χ0) is 12.5. The predicted octanol–water partition coefficient (Wildman–Crippen LogP) is 1.54. The van der Waals surface area contributed by atoms with Gasteiger partial charge in [-0.15, -0.1) is 0 Å². The van der Waals surface area contributed by atoms with Gasteiger partial charge in [0.05, 0.1) is 17.1 Å². The molecular formula is C13H15N5. The molecule has 5 heteroatoms. The van der Waals surface area contributed by atoms with Gasteiger partial charge in [0.2, 0.25) is 0 Å². The van der Waals surface area contributed by atoms with Crippen molar-refractivity contribution < 1.29 is 0 Å². The predicted molar refractivity (Wildman–Crippen MR) is 69.9 cm³/mol. The number of hydrogen-bond donors (Lipinski definition) is 2. The van der Waals surface area contributed by atoms with Crippen LogP contribution in [0, 0.1) is 0 Å². The van der Waals surface area contributed by atoms with E-state index in [4.69, 9.17) is 5.73 Å². The molecule has 0 fully saturated rings. The van der Waals surface area contributed by atoms with Crippen LogP contribution in [0.25, 0.3) is 11.0 Å². The van der Waals surface area contributed by atoms with Gasteiger partial charge in [-0.3, -0.25) is 0 Å². The van der Waals surface area contributed by atoms with Crippen molar-refractivity contribution in [2.24, 2.45) is 12.8 Å². The van der Waals surface area contributed by atoms with E-state index in [-0.39, 0.29) is 6.04 Å². The molecule has 0 saturated carbocycles. The number of para-hydroxylation sites is 2. The first-order valence-corrected chi connectivity index (χ1v) is 5.91. The van der Waals surface area contributed by atoms with E-state index < -0.39 is 0 Å². The van der Waals surface area contributed by atoms with Gasteiger partial charge in [-0.25, -0.2) is 9.97 Å². The lowest BCUT2D eigenvalue weighted by molar-refractivity contribution is 0.635. The SMILES string of the molecule is Cn1c(CC(N)c2ncc[nH]2)nc2ccccc21. The molecule has 0 radical (unpaired) electrons. The van der Waals surface area contributed by atoms with E-state index in [1.54, 1.807) is 12.4 Å². The zero-order valence-electron chi connectivity index (χ0n) is 10.2. The Morgan fingerprint density at radius 1 is 1.39 bits per heavy atom. The highest BCUT2D eigenvalue weighted by molar-refractivity contribution is 5.75. The summed E-state index contributed by atoms with van der Waals surface area (Å²) >= 11 is 0. The maximum absolute atomic E-state index is 6.12. The maximum atomic E-state index is 6.12. The van der Waals surface area contributed by atoms with Crippen LogP contribution in [0.1, 0.15) is 17.7 Å². The van der Waals surface area contributed by atoms with E-state index in [1.165, 1.54) is 0 Å². The first-order chi connectivity index (χ1) is 8.75. The maximum Gasteiger partial charge on any atom is 0.123 e. The molecule has 0 aliphatic rings. The monoisotopic (exact) mass is 241 g/mol. The van der Waals surface area contributed by atoms with Gasteiger partial charge >= 0.3 is 0 Å². The average Bonchev–Trinajstić information content (AvgIpc) is 3.00. The molecule has 2 aromatic heterocycles. The molecule has 0 saturated heterocycles. The van der Waals surface area contributed by atoms with Crippen molar-refractivity contribution in [3.63, 3.8) is 0 Å². The highest BCUT2D eigenvalue weighted by Gasteiger charge is 2.14. The van der Waals surface area contributed by atoms with Gasteiger partial charge in [0.25, 0.3) is 0 Å². The fourth-order valence-electron chi connectivity index (χ4n) is 2.15. The molecule has 3 aromatic rings. The summed E-state index contributed by atoms with van der Waals surface area (Å²) in [7, 11) is 2.01. The number of rotatable bonds is 3. The van der Waals surface area contributed by atoms with Crippen LogP contribution in [0.4, 0.5) is 0 Å². The molecule has 0 aliphatic carbocycles. The third-order valence-corrected chi connectivity index (χ3v) is 3.15. The molecule has 0 spiro atoms. The average molecular weight is 241 g/mol. The molecule has 92 valence electrons. The Hall–Kier alpha value is -2.14. The van der Waals surface area contributed by atoms with E-state index in [0.29, 0.717) is 6.42 Å². The van der Waals surface area contributed by atoms with E-state index in [2.05, 4.69) is 25.6 Å². The lowest BCUT2D eigenvalue weighted by Crippen LogP contribution is -2.17. The number of hydrogen-bond acceptors (Lipinski definition) is 3. The Balaban J connectivity index is 1.93. The summed E-state index contributed by atoms with van der Waals surface area (Å²) < 4.78 is 2.08. The molecule has 0 aliphatic heterocycles. The Morgan fingerprint density at radius 2 is 2.22 bits per heavy atom. The number of H-pyrrole nitrogens is 1. The number of fused-ring (bicyclic) bond motifs is 1. The molecule has 5 nitrogen and oxygen atoms in total. The lowest BCUT2D eigenvalue weighted by Gasteiger charge is -2.08. The van der Waals surface area contributed by atoms with Crippen molar-refractivity contribution in [3.8, 4) is 0 Å². The van der Waals surface area contributed by atoms with Gasteiger partial charge in [0.1, 0.15) is 11.6 Å². The lowest BCUT2D eigenvalue weighted by atomic mass is 10.2. The summed E-state index contributed by atoms with van der Waals surface area (Å²) in [5.41, 5.74) is 8.24. The molecule has 1 atom stereocenters. The highest BCUT2D eigenvalue weighted by Crippen LogP contribution is 2.17. The molecule has 18 heavy (non-hydrogen) atoms.